The van der Waals surface area contributed by atoms with E-state index in [1.807, 2.05) is 0 Å². The molecule has 0 aromatic heterocycles. The van der Waals surface area contributed by atoms with Crippen molar-refractivity contribution in [2.45, 2.75) is 26.7 Å². The lowest BCUT2D eigenvalue weighted by atomic mass is 9.83. The van der Waals surface area contributed by atoms with E-state index in [4.69, 9.17) is 0 Å². The Labute approximate surface area is 94.5 Å². The third-order valence-corrected chi connectivity index (χ3v) is 2.77. The Balaban J connectivity index is 2.99. The third kappa shape index (κ3) is 2.75. The SMILES string of the molecule is CC(=O)C(C(C)=O)C(C)c1ccc(F)cc1. The van der Waals surface area contributed by atoms with Crippen LogP contribution in [0.4, 0.5) is 4.39 Å². The van der Waals surface area contributed by atoms with Crippen LogP contribution in [0.25, 0.3) is 0 Å². The Kier molecular flexibility index (Phi) is 3.93. The fourth-order valence-electron chi connectivity index (χ4n) is 1.95. The summed E-state index contributed by atoms with van der Waals surface area (Å²) in [7, 11) is 0. The number of Topliss-reactive ketones (excluding diaryl/α,β-unsaturated/α-hetero) is 2. The molecule has 1 aromatic carbocycles. The van der Waals surface area contributed by atoms with Crippen molar-refractivity contribution in [2.24, 2.45) is 5.92 Å². The standard InChI is InChI=1S/C13H15FO2/c1-8(13(9(2)15)10(3)16)11-4-6-12(14)7-5-11/h4-8,13H,1-3H3. The molecule has 0 radical (unpaired) electrons. The third-order valence-electron chi connectivity index (χ3n) is 2.77. The highest BCUT2D eigenvalue weighted by atomic mass is 19.1. The molecule has 0 N–H and O–H groups in total. The number of ketones is 2. The molecule has 1 aromatic rings. The van der Waals surface area contributed by atoms with Crippen LogP contribution in [0, 0.1) is 11.7 Å². The first-order valence-corrected chi connectivity index (χ1v) is 5.20. The molecule has 0 aliphatic carbocycles. The fraction of sp³-hybridized carbons (Fsp3) is 0.385. The number of halogens is 1. The molecule has 16 heavy (non-hydrogen) atoms. The Morgan fingerprint density at radius 1 is 1.06 bits per heavy atom. The van der Waals surface area contributed by atoms with Crippen molar-refractivity contribution in [3.8, 4) is 0 Å². The molecular formula is C13H15FO2. The van der Waals surface area contributed by atoms with E-state index in [-0.39, 0.29) is 23.3 Å². The lowest BCUT2D eigenvalue weighted by molar-refractivity contribution is -0.131. The van der Waals surface area contributed by atoms with Crippen LogP contribution in [0.1, 0.15) is 32.3 Å². The molecule has 1 atom stereocenters. The average Bonchev–Trinajstić information content (AvgIpc) is 2.17. The van der Waals surface area contributed by atoms with Gasteiger partial charge in [0.1, 0.15) is 17.4 Å². The predicted molar refractivity (Wildman–Crippen MR) is 59.7 cm³/mol. The minimum atomic E-state index is -0.634. The lowest BCUT2D eigenvalue weighted by Crippen LogP contribution is -2.25. The Morgan fingerprint density at radius 2 is 1.50 bits per heavy atom. The number of carbonyl (C=O) groups is 2. The summed E-state index contributed by atoms with van der Waals surface area (Å²) in [6, 6.07) is 5.89. The highest BCUT2D eigenvalue weighted by molar-refractivity contribution is 6.01. The lowest BCUT2D eigenvalue weighted by Gasteiger charge is -2.19. The molecule has 0 spiro atoms. The summed E-state index contributed by atoms with van der Waals surface area (Å²) in [5.74, 6) is -1.46. The molecule has 3 heteroatoms. The summed E-state index contributed by atoms with van der Waals surface area (Å²) in [5, 5.41) is 0. The molecule has 1 unspecified atom stereocenters. The van der Waals surface area contributed by atoms with Gasteiger partial charge in [-0.25, -0.2) is 4.39 Å². The van der Waals surface area contributed by atoms with Crippen LogP contribution in [0.2, 0.25) is 0 Å². The number of rotatable bonds is 4. The molecule has 0 bridgehead atoms. The van der Waals surface area contributed by atoms with E-state index in [9.17, 15) is 14.0 Å². The number of hydrogen-bond acceptors (Lipinski definition) is 2. The summed E-state index contributed by atoms with van der Waals surface area (Å²) in [5.41, 5.74) is 0.803. The summed E-state index contributed by atoms with van der Waals surface area (Å²) >= 11 is 0. The topological polar surface area (TPSA) is 34.1 Å². The minimum absolute atomic E-state index is 0.149. The van der Waals surface area contributed by atoms with Gasteiger partial charge in [0, 0.05) is 0 Å². The van der Waals surface area contributed by atoms with Crippen LogP contribution < -0.4 is 0 Å². The van der Waals surface area contributed by atoms with E-state index in [2.05, 4.69) is 0 Å². The first kappa shape index (κ1) is 12.6. The van der Waals surface area contributed by atoms with Gasteiger partial charge in [-0.3, -0.25) is 9.59 Å². The van der Waals surface area contributed by atoms with E-state index >= 15 is 0 Å². The van der Waals surface area contributed by atoms with Crippen LogP contribution in [0.3, 0.4) is 0 Å². The van der Waals surface area contributed by atoms with Crippen molar-refractivity contribution in [1.29, 1.82) is 0 Å². The van der Waals surface area contributed by atoms with E-state index in [1.54, 1.807) is 19.1 Å². The van der Waals surface area contributed by atoms with Gasteiger partial charge >= 0.3 is 0 Å². The van der Waals surface area contributed by atoms with E-state index in [1.165, 1.54) is 26.0 Å². The van der Waals surface area contributed by atoms with Gasteiger partial charge in [-0.15, -0.1) is 0 Å². The zero-order valence-corrected chi connectivity index (χ0v) is 9.66. The van der Waals surface area contributed by atoms with E-state index in [0.717, 1.165) is 5.56 Å². The average molecular weight is 222 g/mol. The van der Waals surface area contributed by atoms with Gasteiger partial charge in [0.05, 0.1) is 5.92 Å². The molecule has 0 aliphatic rings. The quantitative estimate of drug-likeness (QED) is 0.734. The largest absolute Gasteiger partial charge is 0.299 e. The normalized spacial score (nSPS) is 12.6. The van der Waals surface area contributed by atoms with Gasteiger partial charge in [-0.1, -0.05) is 19.1 Å². The highest BCUT2D eigenvalue weighted by Gasteiger charge is 2.27. The zero-order chi connectivity index (χ0) is 12.3. The van der Waals surface area contributed by atoms with Crippen LogP contribution >= 0.6 is 0 Å². The number of hydrogen-bond donors (Lipinski definition) is 0. The van der Waals surface area contributed by atoms with Crippen molar-refractivity contribution in [3.05, 3.63) is 35.6 Å². The van der Waals surface area contributed by atoms with Crippen molar-refractivity contribution in [3.63, 3.8) is 0 Å². The minimum Gasteiger partial charge on any atom is -0.299 e. The maximum Gasteiger partial charge on any atom is 0.140 e. The molecule has 2 nitrogen and oxygen atoms in total. The molecule has 0 saturated carbocycles. The molecule has 1 rings (SSSR count). The van der Waals surface area contributed by atoms with Crippen molar-refractivity contribution in [1.82, 2.24) is 0 Å². The van der Waals surface area contributed by atoms with Crippen molar-refractivity contribution >= 4 is 11.6 Å². The molecule has 0 amide bonds. The summed E-state index contributed by atoms with van der Waals surface area (Å²) in [6.45, 7) is 4.62. The van der Waals surface area contributed by atoms with Gasteiger partial charge in [-0.2, -0.15) is 0 Å². The molecular weight excluding hydrogens is 207 g/mol. The first-order chi connectivity index (χ1) is 7.43. The van der Waals surface area contributed by atoms with Crippen molar-refractivity contribution < 1.29 is 14.0 Å². The fourth-order valence-corrected chi connectivity index (χ4v) is 1.95. The van der Waals surface area contributed by atoms with Gasteiger partial charge in [0.2, 0.25) is 0 Å². The van der Waals surface area contributed by atoms with Crippen LogP contribution in [-0.2, 0) is 9.59 Å². The Bertz CT molecular complexity index is 381. The van der Waals surface area contributed by atoms with E-state index < -0.39 is 5.92 Å². The van der Waals surface area contributed by atoms with Gasteiger partial charge < -0.3 is 0 Å². The smallest absolute Gasteiger partial charge is 0.140 e. The monoisotopic (exact) mass is 222 g/mol. The predicted octanol–water partition coefficient (Wildman–Crippen LogP) is 2.72. The van der Waals surface area contributed by atoms with E-state index in [0.29, 0.717) is 0 Å². The summed E-state index contributed by atoms with van der Waals surface area (Å²) in [4.78, 5) is 22.7. The Hall–Kier alpha value is -1.51. The Morgan fingerprint density at radius 3 is 1.88 bits per heavy atom. The maximum atomic E-state index is 12.7. The molecule has 0 aliphatic heterocycles. The van der Waals surface area contributed by atoms with Gasteiger partial charge in [0.15, 0.2) is 0 Å². The summed E-state index contributed by atoms with van der Waals surface area (Å²) in [6.07, 6.45) is 0. The summed E-state index contributed by atoms with van der Waals surface area (Å²) < 4.78 is 12.7. The number of carbonyl (C=O) groups excluding carboxylic acids is 2. The second kappa shape index (κ2) is 5.01. The second-order valence-corrected chi connectivity index (χ2v) is 4.04. The van der Waals surface area contributed by atoms with Crippen molar-refractivity contribution in [2.75, 3.05) is 0 Å². The van der Waals surface area contributed by atoms with Gasteiger partial charge in [0.25, 0.3) is 0 Å². The number of benzene rings is 1. The second-order valence-electron chi connectivity index (χ2n) is 4.04. The first-order valence-electron chi connectivity index (χ1n) is 5.20. The maximum absolute atomic E-state index is 12.7. The molecule has 0 heterocycles. The molecule has 86 valence electrons. The molecule has 0 saturated heterocycles. The van der Waals surface area contributed by atoms with Crippen LogP contribution in [0.5, 0.6) is 0 Å². The van der Waals surface area contributed by atoms with Crippen LogP contribution in [0.15, 0.2) is 24.3 Å². The molecule has 0 fully saturated rings. The van der Waals surface area contributed by atoms with Gasteiger partial charge in [-0.05, 0) is 37.5 Å². The van der Waals surface area contributed by atoms with Crippen LogP contribution in [-0.4, -0.2) is 11.6 Å². The highest BCUT2D eigenvalue weighted by Crippen LogP contribution is 2.25. The zero-order valence-electron chi connectivity index (χ0n) is 9.66.